The van der Waals surface area contributed by atoms with Crippen molar-refractivity contribution in [2.75, 3.05) is 25.1 Å². The standard InChI is InChI=1S/C37H45ClN2O5/c1-8-14-40-26-17-36(4,5)19-28(41)33(26)32(34-27(40)18-37(6,7)20-29(34)42)23-15-24(38)35(30(16-23)44-9-2)45-21-31(43)39-25-13-11-10-12-22(25)3/h10-13,15-16,32H,8-9,14,17-21H2,1-7H3,(H,39,43). The molecular formula is C37H45ClN2O5. The van der Waals surface area contributed by atoms with E-state index in [1.807, 2.05) is 44.2 Å². The second kappa shape index (κ2) is 12.7. The van der Waals surface area contributed by atoms with Gasteiger partial charge in [-0.3, -0.25) is 14.4 Å². The van der Waals surface area contributed by atoms with Gasteiger partial charge in [-0.05, 0) is 73.3 Å². The molecule has 0 aromatic heterocycles. The van der Waals surface area contributed by atoms with Gasteiger partial charge in [0.25, 0.3) is 5.91 Å². The number of rotatable bonds is 9. The molecule has 1 heterocycles. The summed E-state index contributed by atoms with van der Waals surface area (Å²) in [6.45, 7) is 15.3. The monoisotopic (exact) mass is 632 g/mol. The Bertz CT molecular complexity index is 1550. The van der Waals surface area contributed by atoms with Crippen LogP contribution in [-0.4, -0.2) is 42.1 Å². The van der Waals surface area contributed by atoms with Crippen molar-refractivity contribution in [3.8, 4) is 11.5 Å². The van der Waals surface area contributed by atoms with Gasteiger partial charge in [-0.15, -0.1) is 0 Å². The average Bonchev–Trinajstić information content (AvgIpc) is 2.93. The van der Waals surface area contributed by atoms with Crippen molar-refractivity contribution in [3.63, 3.8) is 0 Å². The molecule has 0 bridgehead atoms. The third kappa shape index (κ3) is 6.69. The van der Waals surface area contributed by atoms with E-state index in [0.717, 1.165) is 48.3 Å². The molecule has 0 saturated carbocycles. The Labute approximate surface area is 272 Å². The Morgan fingerprint density at radius 3 is 2.09 bits per heavy atom. The molecule has 2 aliphatic carbocycles. The van der Waals surface area contributed by atoms with E-state index in [2.05, 4.69) is 44.8 Å². The molecule has 0 atom stereocenters. The van der Waals surface area contributed by atoms with Crippen LogP contribution in [0.4, 0.5) is 5.69 Å². The number of nitrogens with one attached hydrogen (secondary N) is 1. The lowest BCUT2D eigenvalue weighted by atomic mass is 9.63. The normalized spacial score (nSPS) is 19.3. The second-order valence-corrected chi connectivity index (χ2v) is 14.5. The van der Waals surface area contributed by atoms with Gasteiger partial charge in [-0.2, -0.15) is 0 Å². The number of allylic oxidation sites excluding steroid dienone is 4. The van der Waals surface area contributed by atoms with Crippen molar-refractivity contribution in [2.24, 2.45) is 10.8 Å². The van der Waals surface area contributed by atoms with Gasteiger partial charge in [-0.1, -0.05) is 64.4 Å². The molecule has 0 radical (unpaired) electrons. The zero-order chi connectivity index (χ0) is 32.7. The summed E-state index contributed by atoms with van der Waals surface area (Å²) in [6, 6.07) is 11.1. The molecule has 240 valence electrons. The Morgan fingerprint density at radius 1 is 0.933 bits per heavy atom. The number of carbonyl (C=O) groups excluding carboxylic acids is 3. The average molecular weight is 633 g/mol. The van der Waals surface area contributed by atoms with E-state index in [0.29, 0.717) is 42.0 Å². The van der Waals surface area contributed by atoms with Crippen LogP contribution in [0.15, 0.2) is 58.9 Å². The number of halogens is 1. The number of aryl methyl sites for hydroxylation is 1. The number of hydrogen-bond acceptors (Lipinski definition) is 6. The Hall–Kier alpha value is -3.58. The lowest BCUT2D eigenvalue weighted by Gasteiger charge is -2.49. The molecule has 3 aliphatic rings. The molecule has 1 N–H and O–H groups in total. The summed E-state index contributed by atoms with van der Waals surface area (Å²) in [5.74, 6) is -0.119. The molecule has 0 spiro atoms. The van der Waals surface area contributed by atoms with Crippen LogP contribution in [-0.2, 0) is 14.4 Å². The summed E-state index contributed by atoms with van der Waals surface area (Å²) in [5, 5.41) is 3.13. The fraction of sp³-hybridized carbons (Fsp3) is 0.486. The maximum Gasteiger partial charge on any atom is 0.262 e. The number of hydrogen-bond donors (Lipinski definition) is 1. The summed E-state index contributed by atoms with van der Waals surface area (Å²) in [5.41, 5.74) is 5.42. The Kier molecular flexibility index (Phi) is 9.23. The van der Waals surface area contributed by atoms with E-state index in [-0.39, 0.29) is 45.7 Å². The number of para-hydroxylation sites is 1. The minimum atomic E-state index is -0.551. The van der Waals surface area contributed by atoms with Gasteiger partial charge in [-0.25, -0.2) is 0 Å². The van der Waals surface area contributed by atoms with E-state index >= 15 is 0 Å². The smallest absolute Gasteiger partial charge is 0.262 e. The van der Waals surface area contributed by atoms with Gasteiger partial charge in [0.15, 0.2) is 29.7 Å². The third-order valence-electron chi connectivity index (χ3n) is 8.90. The summed E-state index contributed by atoms with van der Waals surface area (Å²) >= 11 is 6.90. The van der Waals surface area contributed by atoms with Gasteiger partial charge in [0, 0.05) is 53.5 Å². The number of carbonyl (C=O) groups is 3. The van der Waals surface area contributed by atoms with Crippen molar-refractivity contribution >= 4 is 34.8 Å². The molecule has 2 aromatic rings. The van der Waals surface area contributed by atoms with E-state index < -0.39 is 5.92 Å². The molecular weight excluding hydrogens is 588 g/mol. The number of ether oxygens (including phenoxy) is 2. The van der Waals surface area contributed by atoms with Crippen LogP contribution >= 0.6 is 11.6 Å². The molecule has 45 heavy (non-hydrogen) atoms. The number of nitrogens with zero attached hydrogens (tertiary/aromatic N) is 1. The maximum atomic E-state index is 14.0. The molecule has 0 unspecified atom stereocenters. The highest BCUT2D eigenvalue weighted by Gasteiger charge is 2.49. The van der Waals surface area contributed by atoms with E-state index in [1.165, 1.54) is 0 Å². The van der Waals surface area contributed by atoms with Gasteiger partial charge in [0.1, 0.15) is 0 Å². The fourth-order valence-electron chi connectivity index (χ4n) is 7.07. The van der Waals surface area contributed by atoms with Crippen molar-refractivity contribution in [3.05, 3.63) is 75.1 Å². The van der Waals surface area contributed by atoms with Crippen LogP contribution in [0.2, 0.25) is 5.02 Å². The molecule has 5 rings (SSSR count). The summed E-state index contributed by atoms with van der Waals surface area (Å²) in [6.07, 6.45) is 3.21. The van der Waals surface area contributed by atoms with Crippen molar-refractivity contribution in [2.45, 2.75) is 86.5 Å². The molecule has 0 fully saturated rings. The van der Waals surface area contributed by atoms with E-state index in [4.69, 9.17) is 21.1 Å². The minimum Gasteiger partial charge on any atom is -0.490 e. The summed E-state index contributed by atoms with van der Waals surface area (Å²) in [4.78, 5) is 43.2. The number of Topliss-reactive ketones (excluding diaryl/α,β-unsaturated/α-hetero) is 2. The largest absolute Gasteiger partial charge is 0.490 e. The van der Waals surface area contributed by atoms with Gasteiger partial charge in [0.2, 0.25) is 0 Å². The van der Waals surface area contributed by atoms with Crippen LogP contribution in [0.3, 0.4) is 0 Å². The number of ketones is 2. The first-order valence-corrected chi connectivity index (χ1v) is 16.4. The van der Waals surface area contributed by atoms with Crippen molar-refractivity contribution in [1.29, 1.82) is 0 Å². The lowest BCUT2D eigenvalue weighted by molar-refractivity contribution is -0.120. The van der Waals surface area contributed by atoms with Crippen LogP contribution < -0.4 is 14.8 Å². The van der Waals surface area contributed by atoms with E-state index in [1.54, 1.807) is 6.07 Å². The van der Waals surface area contributed by atoms with Gasteiger partial charge < -0.3 is 19.7 Å². The lowest BCUT2D eigenvalue weighted by Crippen LogP contribution is -2.44. The first kappa shape index (κ1) is 32.8. The third-order valence-corrected chi connectivity index (χ3v) is 9.18. The predicted molar refractivity (Wildman–Crippen MR) is 178 cm³/mol. The minimum absolute atomic E-state index is 0.0684. The quantitative estimate of drug-likeness (QED) is 0.300. The van der Waals surface area contributed by atoms with Crippen LogP contribution in [0, 0.1) is 17.8 Å². The van der Waals surface area contributed by atoms with Crippen molar-refractivity contribution in [1.82, 2.24) is 4.90 Å². The number of anilines is 1. The maximum absolute atomic E-state index is 14.0. The Morgan fingerprint density at radius 2 is 1.53 bits per heavy atom. The number of amides is 1. The van der Waals surface area contributed by atoms with E-state index in [9.17, 15) is 14.4 Å². The Balaban J connectivity index is 1.58. The highest BCUT2D eigenvalue weighted by Crippen LogP contribution is 2.55. The first-order chi connectivity index (χ1) is 21.2. The van der Waals surface area contributed by atoms with Crippen LogP contribution in [0.25, 0.3) is 0 Å². The van der Waals surface area contributed by atoms with Gasteiger partial charge in [0.05, 0.1) is 11.6 Å². The molecule has 8 heteroatoms. The molecule has 0 saturated heterocycles. The second-order valence-electron chi connectivity index (χ2n) is 14.1. The van der Waals surface area contributed by atoms with Crippen LogP contribution in [0.1, 0.15) is 90.7 Å². The highest BCUT2D eigenvalue weighted by atomic mass is 35.5. The van der Waals surface area contributed by atoms with Crippen LogP contribution in [0.5, 0.6) is 11.5 Å². The first-order valence-electron chi connectivity index (χ1n) is 16.0. The summed E-state index contributed by atoms with van der Waals surface area (Å²) in [7, 11) is 0. The fourth-order valence-corrected chi connectivity index (χ4v) is 7.34. The highest BCUT2D eigenvalue weighted by molar-refractivity contribution is 6.32. The molecule has 1 aliphatic heterocycles. The van der Waals surface area contributed by atoms with Gasteiger partial charge >= 0.3 is 0 Å². The molecule has 1 amide bonds. The summed E-state index contributed by atoms with van der Waals surface area (Å²) < 4.78 is 12.0. The van der Waals surface area contributed by atoms with Crippen molar-refractivity contribution < 1.29 is 23.9 Å². The topological polar surface area (TPSA) is 84.9 Å². The molecule has 7 nitrogen and oxygen atoms in total. The molecule has 2 aromatic carbocycles. The zero-order valence-electron chi connectivity index (χ0n) is 27.6. The zero-order valence-corrected chi connectivity index (χ0v) is 28.3. The predicted octanol–water partition coefficient (Wildman–Crippen LogP) is 8.16. The number of benzene rings is 2. The SMILES string of the molecule is CCCN1C2=C(C(=O)CC(C)(C)C2)C(c2cc(Cl)c(OCC(=O)Nc3ccccc3C)c(OCC)c2)C2=C1CC(C)(C)CC2=O.